The fourth-order valence-electron chi connectivity index (χ4n) is 2.51. The molecule has 0 saturated carbocycles. The minimum atomic E-state index is -6.12. The topological polar surface area (TPSA) is 288 Å². The van der Waals surface area contributed by atoms with Crippen molar-refractivity contribution in [3.63, 3.8) is 0 Å². The van der Waals surface area contributed by atoms with E-state index < -0.39 is 54.2 Å². The van der Waals surface area contributed by atoms with Crippen LogP contribution < -0.4 is 112 Å². The first-order valence-corrected chi connectivity index (χ1v) is 12.8. The fourth-order valence-corrected chi connectivity index (χ4v) is 5.38. The molecule has 1 aromatic rings. The molecule has 5 N–H and O–H groups in total. The zero-order chi connectivity index (χ0) is 24.3. The maximum Gasteiger partial charge on any atom is 1.00 e. The van der Waals surface area contributed by atoms with E-state index in [0.717, 1.165) is 4.57 Å². The maximum atomic E-state index is 12.1. The number of phosphoric acid groups is 3. The van der Waals surface area contributed by atoms with Gasteiger partial charge in [-0.3, -0.25) is 18.0 Å². The number of aliphatic hydroxyl groups excluding tert-OH is 1. The fraction of sp³-hybridized carbons (Fsp3) is 0.500. The standard InChI is InChI=1S/C12H21N4O13P3.4Li/c13-3-1-2-7-5-16(12(18)15-11(7)14)10-4-8(17)9(27-10)6-26-31(22,23)29-32(24,25)28-30(19,20)21;;;;/h1-2,5,8-10,17H,3-4,6,13H2,(H,22,23)(H,24,25)(H2,14,15,18)(H2,19,20,21);;;;/q;4*+1/p-4. The number of aromatic nitrogens is 2. The van der Waals surface area contributed by atoms with Gasteiger partial charge in [-0.2, -0.15) is 4.98 Å². The molecular weight excluding hydrogens is 529 g/mol. The summed E-state index contributed by atoms with van der Waals surface area (Å²) in [4.78, 5) is 59.1. The molecule has 0 aliphatic carbocycles. The molecule has 2 rings (SSSR count). The molecular formula is C12H17Li4N4O13P3. The van der Waals surface area contributed by atoms with Crippen molar-refractivity contribution in [1.82, 2.24) is 9.55 Å². The first-order valence-electron chi connectivity index (χ1n) is 8.42. The molecule has 36 heavy (non-hydrogen) atoms. The number of ether oxygens (including phenoxy) is 1. The Bertz CT molecular complexity index is 1070. The maximum absolute atomic E-state index is 12.1. The third-order valence-corrected chi connectivity index (χ3v) is 7.42. The minimum Gasteiger partial charge on any atom is -0.790 e. The van der Waals surface area contributed by atoms with E-state index in [9.17, 15) is 43.2 Å². The van der Waals surface area contributed by atoms with Crippen LogP contribution in [0.15, 0.2) is 17.1 Å². The van der Waals surface area contributed by atoms with E-state index in [-0.39, 0.29) is 94.2 Å². The van der Waals surface area contributed by atoms with E-state index in [1.165, 1.54) is 18.3 Å². The second kappa shape index (κ2) is 17.0. The molecule has 1 fully saturated rings. The molecule has 24 heteroatoms. The molecule has 0 bridgehead atoms. The summed E-state index contributed by atoms with van der Waals surface area (Å²) < 4.78 is 50.1. The molecule has 0 spiro atoms. The van der Waals surface area contributed by atoms with E-state index in [2.05, 4.69) is 18.1 Å². The van der Waals surface area contributed by atoms with Gasteiger partial charge < -0.3 is 50.0 Å². The van der Waals surface area contributed by atoms with Gasteiger partial charge in [-0.1, -0.05) is 12.2 Å². The molecule has 1 saturated heterocycles. The van der Waals surface area contributed by atoms with Crippen LogP contribution in [0.5, 0.6) is 0 Å². The van der Waals surface area contributed by atoms with Gasteiger partial charge in [-0.05, 0) is 0 Å². The predicted octanol–water partition coefficient (Wildman–Crippen LogP) is -15.7. The number of rotatable bonds is 10. The van der Waals surface area contributed by atoms with Crippen molar-refractivity contribution in [3.8, 4) is 0 Å². The average Bonchev–Trinajstić information content (AvgIpc) is 2.97. The van der Waals surface area contributed by atoms with Gasteiger partial charge in [0.1, 0.15) is 18.1 Å². The number of nitrogen functional groups attached to an aromatic ring is 1. The molecule has 0 aromatic carbocycles. The van der Waals surface area contributed by atoms with E-state index in [1.807, 2.05) is 0 Å². The molecule has 1 aliphatic rings. The zero-order valence-corrected chi connectivity index (χ0v) is 22.5. The first kappa shape index (κ1) is 41.6. The molecule has 0 amide bonds. The van der Waals surface area contributed by atoms with Gasteiger partial charge in [-0.25, -0.2) is 9.11 Å². The summed E-state index contributed by atoms with van der Waals surface area (Å²) in [7, 11) is -18.0. The quantitative estimate of drug-likeness (QED) is 0.181. The van der Waals surface area contributed by atoms with E-state index in [4.69, 9.17) is 16.2 Å². The Labute approximate surface area is 252 Å². The second-order valence-electron chi connectivity index (χ2n) is 6.14. The van der Waals surface area contributed by atoms with Crippen molar-refractivity contribution in [2.75, 3.05) is 18.9 Å². The van der Waals surface area contributed by atoms with Crippen LogP contribution in [-0.4, -0.2) is 40.0 Å². The smallest absolute Gasteiger partial charge is 0.790 e. The van der Waals surface area contributed by atoms with Crippen LogP contribution in [0.2, 0.25) is 0 Å². The van der Waals surface area contributed by atoms with Gasteiger partial charge in [0, 0.05) is 24.7 Å². The molecule has 0 radical (unpaired) electrons. The molecule has 17 nitrogen and oxygen atoms in total. The Kier molecular flexibility index (Phi) is 19.7. The summed E-state index contributed by atoms with van der Waals surface area (Å²) in [5, 5.41) is 10.1. The molecule has 1 aliphatic heterocycles. The van der Waals surface area contributed by atoms with Crippen molar-refractivity contribution < 1.29 is 132 Å². The van der Waals surface area contributed by atoms with Crippen LogP contribution in [0.1, 0.15) is 18.2 Å². The molecule has 5 atom stereocenters. The van der Waals surface area contributed by atoms with Crippen molar-refractivity contribution in [2.45, 2.75) is 24.9 Å². The Morgan fingerprint density at radius 3 is 2.25 bits per heavy atom. The second-order valence-corrected chi connectivity index (χ2v) is 10.4. The van der Waals surface area contributed by atoms with Crippen LogP contribution in [0, 0.1) is 0 Å². The van der Waals surface area contributed by atoms with Gasteiger partial charge >= 0.3 is 81.1 Å². The van der Waals surface area contributed by atoms with Crippen LogP contribution in [0.4, 0.5) is 5.82 Å². The zero-order valence-electron chi connectivity index (χ0n) is 19.8. The van der Waals surface area contributed by atoms with Crippen molar-refractivity contribution in [1.29, 1.82) is 0 Å². The molecule has 182 valence electrons. The predicted molar refractivity (Wildman–Crippen MR) is 96.5 cm³/mol. The van der Waals surface area contributed by atoms with Crippen LogP contribution in [0.25, 0.3) is 6.08 Å². The summed E-state index contributed by atoms with van der Waals surface area (Å²) in [6.07, 6.45) is 0.169. The monoisotopic (exact) mass is 546 g/mol. The summed E-state index contributed by atoms with van der Waals surface area (Å²) in [5.74, 6) is -0.0937. The third-order valence-electron chi connectivity index (χ3n) is 3.76. The summed E-state index contributed by atoms with van der Waals surface area (Å²) >= 11 is 0. The Hall–Kier alpha value is 1.10. The van der Waals surface area contributed by atoms with Gasteiger partial charge in [0.15, 0.2) is 0 Å². The summed E-state index contributed by atoms with van der Waals surface area (Å²) in [6, 6.07) is 0. The SMILES string of the molecule is NCC=Cc1cn(C2CC(O)C(COP(=O)([O-])OP(=O)([O-])OP(=O)([O-])[O-])O2)c(=O)nc1N.[Li+].[Li+].[Li+].[Li+]. The average molecular weight is 546 g/mol. The summed E-state index contributed by atoms with van der Waals surface area (Å²) in [5.41, 5.74) is 10.5. The third kappa shape index (κ3) is 13.4. The van der Waals surface area contributed by atoms with Crippen molar-refractivity contribution in [2.24, 2.45) is 5.73 Å². The van der Waals surface area contributed by atoms with E-state index >= 15 is 0 Å². The Balaban J connectivity index is -0.00000272. The normalized spacial score (nSPS) is 22.8. The van der Waals surface area contributed by atoms with E-state index in [0.29, 0.717) is 5.56 Å². The molecule has 1 aromatic heterocycles. The van der Waals surface area contributed by atoms with Gasteiger partial charge in [0.25, 0.3) is 15.6 Å². The van der Waals surface area contributed by atoms with Crippen molar-refractivity contribution >= 4 is 35.4 Å². The Morgan fingerprint density at radius 1 is 1.14 bits per heavy atom. The largest absolute Gasteiger partial charge is 1.00 e. The number of anilines is 1. The number of nitrogens with two attached hydrogens (primary N) is 2. The number of hydrogen-bond donors (Lipinski definition) is 3. The first-order chi connectivity index (χ1) is 14.6. The molecule has 5 unspecified atom stereocenters. The van der Waals surface area contributed by atoms with Gasteiger partial charge in [-0.15, -0.1) is 0 Å². The van der Waals surface area contributed by atoms with Crippen LogP contribution in [0.3, 0.4) is 0 Å². The number of nitrogens with zero attached hydrogens (tertiary/aromatic N) is 2. The van der Waals surface area contributed by atoms with Crippen molar-refractivity contribution in [3.05, 3.63) is 28.3 Å². The summed E-state index contributed by atoms with van der Waals surface area (Å²) in [6.45, 7) is -0.821. The molecule has 2 heterocycles. The van der Waals surface area contributed by atoms with Gasteiger partial charge in [0.2, 0.25) is 0 Å². The number of aliphatic hydroxyl groups is 1. The van der Waals surface area contributed by atoms with Gasteiger partial charge in [0.05, 0.1) is 20.5 Å². The van der Waals surface area contributed by atoms with Crippen LogP contribution >= 0.6 is 23.5 Å². The Morgan fingerprint density at radius 2 is 1.72 bits per heavy atom. The van der Waals surface area contributed by atoms with Crippen LogP contribution in [-0.2, 0) is 31.6 Å². The van der Waals surface area contributed by atoms with E-state index in [1.54, 1.807) is 0 Å². The minimum absolute atomic E-state index is 0. The number of phosphoric ester groups is 1. The number of hydrogen-bond acceptors (Lipinski definition) is 16.